The Morgan fingerprint density at radius 1 is 1.00 bits per heavy atom. The molecule has 128 valence electrons. The van der Waals surface area contributed by atoms with E-state index in [-0.39, 0.29) is 24.8 Å². The first-order chi connectivity index (χ1) is 12.2. The van der Waals surface area contributed by atoms with Crippen molar-refractivity contribution in [2.45, 2.75) is 13.0 Å². The van der Waals surface area contributed by atoms with Crippen LogP contribution in [0, 0.1) is 5.82 Å². The third-order valence-corrected chi connectivity index (χ3v) is 3.66. The molecule has 0 spiro atoms. The predicted molar refractivity (Wildman–Crippen MR) is 92.9 cm³/mol. The third kappa shape index (κ3) is 4.70. The lowest BCUT2D eigenvalue weighted by Gasteiger charge is -2.22. The van der Waals surface area contributed by atoms with Gasteiger partial charge in [0.1, 0.15) is 17.3 Å². The summed E-state index contributed by atoms with van der Waals surface area (Å²) in [6.07, 6.45) is 1.79. The van der Waals surface area contributed by atoms with Gasteiger partial charge in [0.25, 0.3) is 0 Å². The lowest BCUT2D eigenvalue weighted by atomic mass is 10.2. The summed E-state index contributed by atoms with van der Waals surface area (Å²) in [6, 6.07) is 18.8. The van der Waals surface area contributed by atoms with Crippen LogP contribution in [0.2, 0.25) is 0 Å². The quantitative estimate of drug-likeness (QED) is 0.640. The number of hydrogen-bond acceptors (Lipinski definition) is 3. The van der Waals surface area contributed by atoms with Crippen LogP contribution in [0.5, 0.6) is 5.75 Å². The zero-order valence-electron chi connectivity index (χ0n) is 13.6. The van der Waals surface area contributed by atoms with Crippen molar-refractivity contribution in [2.24, 2.45) is 0 Å². The van der Waals surface area contributed by atoms with E-state index in [0.717, 1.165) is 5.69 Å². The molecule has 0 aliphatic rings. The molecular weight excluding hydrogens is 321 g/mol. The molecule has 0 aliphatic heterocycles. The molecule has 3 rings (SSSR count). The van der Waals surface area contributed by atoms with E-state index in [1.807, 2.05) is 36.4 Å². The monoisotopic (exact) mass is 339 g/mol. The topological polar surface area (TPSA) is 42.7 Å². The Labute approximate surface area is 145 Å². The minimum absolute atomic E-state index is 0.0790. The fraction of sp³-hybridized carbons (Fsp3) is 0.150. The van der Waals surface area contributed by atoms with Crippen LogP contribution in [0.25, 0.3) is 0 Å². The van der Waals surface area contributed by atoms with Crippen molar-refractivity contribution in [3.63, 3.8) is 0 Å². The largest absolute Gasteiger partial charge is 0.493 e. The van der Waals surface area contributed by atoms with Gasteiger partial charge in [0, 0.05) is 5.69 Å². The minimum Gasteiger partial charge on any atom is -0.493 e. The number of para-hydroxylation sites is 1. The van der Waals surface area contributed by atoms with E-state index in [4.69, 9.17) is 9.15 Å². The molecule has 0 N–H and O–H groups in total. The lowest BCUT2D eigenvalue weighted by molar-refractivity contribution is -0.119. The Bertz CT molecular complexity index is 786. The number of carbonyl (C=O) groups is 1. The number of anilines is 1. The summed E-state index contributed by atoms with van der Waals surface area (Å²) in [5.74, 6) is 0.838. The Balaban J connectivity index is 1.63. The van der Waals surface area contributed by atoms with E-state index in [0.29, 0.717) is 18.1 Å². The van der Waals surface area contributed by atoms with E-state index in [2.05, 4.69) is 0 Å². The van der Waals surface area contributed by atoms with Gasteiger partial charge in [0.2, 0.25) is 5.91 Å². The van der Waals surface area contributed by atoms with Gasteiger partial charge in [0.15, 0.2) is 0 Å². The molecule has 0 atom stereocenters. The highest BCUT2D eigenvalue weighted by atomic mass is 19.1. The second-order valence-corrected chi connectivity index (χ2v) is 5.45. The predicted octanol–water partition coefficient (Wildman–Crippen LogP) is 4.42. The smallest absolute Gasteiger partial charge is 0.230 e. The van der Waals surface area contributed by atoms with Crippen molar-refractivity contribution >= 4 is 11.6 Å². The maximum atomic E-state index is 12.9. The second-order valence-electron chi connectivity index (χ2n) is 5.45. The molecule has 0 radical (unpaired) electrons. The van der Waals surface area contributed by atoms with Gasteiger partial charge in [-0.05, 0) is 48.5 Å². The summed E-state index contributed by atoms with van der Waals surface area (Å²) < 4.78 is 23.8. The fourth-order valence-electron chi connectivity index (χ4n) is 2.41. The van der Waals surface area contributed by atoms with Crippen molar-refractivity contribution in [3.8, 4) is 5.75 Å². The van der Waals surface area contributed by atoms with Gasteiger partial charge in [-0.1, -0.05) is 18.2 Å². The fourth-order valence-corrected chi connectivity index (χ4v) is 2.41. The van der Waals surface area contributed by atoms with Crippen molar-refractivity contribution in [1.29, 1.82) is 0 Å². The first kappa shape index (κ1) is 16.8. The molecule has 0 saturated carbocycles. The zero-order chi connectivity index (χ0) is 17.5. The van der Waals surface area contributed by atoms with Crippen LogP contribution in [0.3, 0.4) is 0 Å². The summed E-state index contributed by atoms with van der Waals surface area (Å²) in [7, 11) is 0. The summed E-state index contributed by atoms with van der Waals surface area (Å²) in [5, 5.41) is 0. The number of benzene rings is 2. The van der Waals surface area contributed by atoms with E-state index in [1.165, 1.54) is 24.3 Å². The highest BCUT2D eigenvalue weighted by Gasteiger charge is 2.17. The van der Waals surface area contributed by atoms with Gasteiger partial charge < -0.3 is 14.1 Å². The number of hydrogen-bond donors (Lipinski definition) is 0. The van der Waals surface area contributed by atoms with Gasteiger partial charge in [-0.25, -0.2) is 4.39 Å². The van der Waals surface area contributed by atoms with Crippen LogP contribution in [-0.4, -0.2) is 12.5 Å². The van der Waals surface area contributed by atoms with E-state index in [1.54, 1.807) is 17.2 Å². The summed E-state index contributed by atoms with van der Waals surface area (Å²) in [4.78, 5) is 14.3. The summed E-state index contributed by atoms with van der Waals surface area (Å²) in [5.41, 5.74) is 0.797. The van der Waals surface area contributed by atoms with Crippen LogP contribution < -0.4 is 9.64 Å². The molecule has 1 aromatic heterocycles. The highest BCUT2D eigenvalue weighted by molar-refractivity contribution is 5.93. The molecular formula is C20H18FNO3. The zero-order valence-corrected chi connectivity index (χ0v) is 13.6. The van der Waals surface area contributed by atoms with Gasteiger partial charge in [0.05, 0.1) is 25.8 Å². The first-order valence-corrected chi connectivity index (χ1v) is 7.98. The first-order valence-electron chi connectivity index (χ1n) is 7.98. The van der Waals surface area contributed by atoms with E-state index in [9.17, 15) is 9.18 Å². The summed E-state index contributed by atoms with van der Waals surface area (Å²) >= 11 is 0. The molecule has 0 saturated heterocycles. The van der Waals surface area contributed by atoms with Gasteiger partial charge in [-0.3, -0.25) is 4.79 Å². The molecule has 0 fully saturated rings. The van der Waals surface area contributed by atoms with Crippen molar-refractivity contribution in [1.82, 2.24) is 0 Å². The molecule has 0 unspecified atom stereocenters. The minimum atomic E-state index is -0.322. The number of furan rings is 1. The van der Waals surface area contributed by atoms with Crippen molar-refractivity contribution in [2.75, 3.05) is 11.5 Å². The molecule has 5 heteroatoms. The molecule has 0 aliphatic carbocycles. The molecule has 0 bridgehead atoms. The third-order valence-electron chi connectivity index (χ3n) is 3.66. The van der Waals surface area contributed by atoms with Gasteiger partial charge in [-0.2, -0.15) is 0 Å². The number of carbonyl (C=O) groups excluding carboxylic acids is 1. The highest BCUT2D eigenvalue weighted by Crippen LogP contribution is 2.19. The lowest BCUT2D eigenvalue weighted by Crippen LogP contribution is -2.31. The average Bonchev–Trinajstić information content (AvgIpc) is 3.15. The van der Waals surface area contributed by atoms with E-state index < -0.39 is 0 Å². The van der Waals surface area contributed by atoms with Crippen LogP contribution >= 0.6 is 0 Å². The number of ether oxygens (including phenoxy) is 1. The summed E-state index contributed by atoms with van der Waals surface area (Å²) in [6.45, 7) is 0.568. The van der Waals surface area contributed by atoms with Crippen LogP contribution in [0.15, 0.2) is 77.4 Å². The maximum Gasteiger partial charge on any atom is 0.230 e. The number of nitrogens with zero attached hydrogens (tertiary/aromatic N) is 1. The van der Waals surface area contributed by atoms with Crippen LogP contribution in [-0.2, 0) is 11.3 Å². The van der Waals surface area contributed by atoms with Crippen LogP contribution in [0.4, 0.5) is 10.1 Å². The normalized spacial score (nSPS) is 10.4. The Morgan fingerprint density at radius 3 is 2.44 bits per heavy atom. The molecule has 1 heterocycles. The Hall–Kier alpha value is -3.08. The van der Waals surface area contributed by atoms with E-state index >= 15 is 0 Å². The maximum absolute atomic E-state index is 12.9. The molecule has 4 nitrogen and oxygen atoms in total. The van der Waals surface area contributed by atoms with Crippen molar-refractivity contribution in [3.05, 3.63) is 84.6 Å². The van der Waals surface area contributed by atoms with Crippen molar-refractivity contribution < 1.29 is 18.3 Å². The number of halogens is 1. The SMILES string of the molecule is O=C(CCOc1ccc(F)cc1)N(Cc1ccco1)c1ccccc1. The van der Waals surface area contributed by atoms with Crippen LogP contribution in [0.1, 0.15) is 12.2 Å². The molecule has 1 amide bonds. The Morgan fingerprint density at radius 2 is 1.76 bits per heavy atom. The Kier molecular flexibility index (Phi) is 5.46. The number of rotatable bonds is 7. The second kappa shape index (κ2) is 8.15. The average molecular weight is 339 g/mol. The molecule has 3 aromatic rings. The number of amides is 1. The molecule has 25 heavy (non-hydrogen) atoms. The molecule has 2 aromatic carbocycles. The van der Waals surface area contributed by atoms with Gasteiger partial charge >= 0.3 is 0 Å². The standard InChI is InChI=1S/C20H18FNO3/c21-16-8-10-18(11-9-16)25-14-12-20(23)22(15-19-7-4-13-24-19)17-5-2-1-3-6-17/h1-11,13H,12,14-15H2. The van der Waals surface area contributed by atoms with Gasteiger partial charge in [-0.15, -0.1) is 0 Å².